The van der Waals surface area contributed by atoms with E-state index >= 15 is 0 Å². The van der Waals surface area contributed by atoms with E-state index in [1.54, 1.807) is 0 Å². The number of rotatable bonds is 8. The van der Waals surface area contributed by atoms with Gasteiger partial charge in [0.2, 0.25) is 0 Å². The molecule has 2 heteroatoms. The predicted octanol–water partition coefficient (Wildman–Crippen LogP) is 16.5. The van der Waals surface area contributed by atoms with Gasteiger partial charge in [0.25, 0.3) is 0 Å². The van der Waals surface area contributed by atoms with Crippen molar-refractivity contribution >= 4 is 49.6 Å². The maximum atomic E-state index is 6.29. The molecular weight excluding hydrogens is 727 g/mol. The normalized spacial score (nSPS) is 11.3. The van der Waals surface area contributed by atoms with Gasteiger partial charge in [0, 0.05) is 27.7 Å². The van der Waals surface area contributed by atoms with Gasteiger partial charge in [-0.05, 0) is 103 Å². The van der Waals surface area contributed by atoms with Crippen LogP contribution < -0.4 is 4.90 Å². The van der Waals surface area contributed by atoms with Crippen LogP contribution >= 0.6 is 0 Å². The number of hydrogen-bond acceptors (Lipinski definition) is 2. The molecule has 0 radical (unpaired) electrons. The predicted molar refractivity (Wildman–Crippen MR) is 253 cm³/mol. The average Bonchev–Trinajstić information content (AvgIpc) is 3.77. The van der Waals surface area contributed by atoms with Crippen molar-refractivity contribution in [2.24, 2.45) is 0 Å². The van der Waals surface area contributed by atoms with E-state index in [4.69, 9.17) is 4.42 Å². The van der Waals surface area contributed by atoms with Crippen molar-refractivity contribution in [1.82, 2.24) is 0 Å². The Balaban J connectivity index is 0.972. The molecule has 0 bridgehead atoms. The average molecular weight is 766 g/mol. The molecule has 0 fully saturated rings. The maximum Gasteiger partial charge on any atom is 0.136 e. The molecule has 0 amide bonds. The van der Waals surface area contributed by atoms with Crippen LogP contribution in [0.1, 0.15) is 0 Å². The molecule has 0 aliphatic carbocycles. The van der Waals surface area contributed by atoms with E-state index in [2.05, 4.69) is 223 Å². The highest BCUT2D eigenvalue weighted by atomic mass is 16.3. The second-order valence-electron chi connectivity index (χ2n) is 15.3. The molecular formula is C58H39NO. The van der Waals surface area contributed by atoms with Gasteiger partial charge in [0.05, 0.1) is 5.69 Å². The number of hydrogen-bond donors (Lipinski definition) is 0. The Bertz CT molecular complexity index is 3260. The largest absolute Gasteiger partial charge is 0.456 e. The van der Waals surface area contributed by atoms with Crippen LogP contribution in [-0.4, -0.2) is 0 Å². The lowest BCUT2D eigenvalue weighted by Crippen LogP contribution is -2.10. The third kappa shape index (κ3) is 6.41. The van der Waals surface area contributed by atoms with Crippen molar-refractivity contribution < 1.29 is 4.42 Å². The Kier molecular flexibility index (Phi) is 8.87. The van der Waals surface area contributed by atoms with Crippen molar-refractivity contribution in [3.63, 3.8) is 0 Å². The Morgan fingerprint density at radius 3 is 1.35 bits per heavy atom. The standard InChI is InChI=1S/C58H39NO/c1-2-14-42(15-3-1)49-18-7-8-19-50(49)44-32-36-48(37-33-44)59(56-38-45-16-4-6-21-52(45)53-22-10-11-23-54(53)56)47-34-30-41(31-35-47)40-26-28-43(29-27-40)51-20-9-12-24-55(51)58-39-46-17-5-13-25-57(46)60-58/h1-39H. The summed E-state index contributed by atoms with van der Waals surface area (Å²) in [5, 5.41) is 6.02. The van der Waals surface area contributed by atoms with Crippen LogP contribution in [0.3, 0.4) is 0 Å². The van der Waals surface area contributed by atoms with Gasteiger partial charge in [-0.3, -0.25) is 0 Å². The highest BCUT2D eigenvalue weighted by Crippen LogP contribution is 2.44. The Labute approximate surface area is 349 Å². The van der Waals surface area contributed by atoms with Crippen LogP contribution in [0.2, 0.25) is 0 Å². The maximum absolute atomic E-state index is 6.29. The number of benzene rings is 10. The first kappa shape index (κ1) is 35.2. The first-order chi connectivity index (χ1) is 29.7. The molecule has 0 aliphatic rings. The highest BCUT2D eigenvalue weighted by molar-refractivity contribution is 6.14. The monoisotopic (exact) mass is 765 g/mol. The molecule has 0 aliphatic heterocycles. The molecule has 0 saturated heterocycles. The summed E-state index contributed by atoms with van der Waals surface area (Å²) < 4.78 is 6.29. The molecule has 0 N–H and O–H groups in total. The van der Waals surface area contributed by atoms with Crippen LogP contribution in [0.15, 0.2) is 241 Å². The van der Waals surface area contributed by atoms with Gasteiger partial charge in [-0.25, -0.2) is 0 Å². The van der Waals surface area contributed by atoms with Crippen LogP contribution in [0.4, 0.5) is 17.1 Å². The van der Waals surface area contributed by atoms with Gasteiger partial charge in [-0.2, -0.15) is 0 Å². The van der Waals surface area contributed by atoms with E-state index in [1.807, 2.05) is 18.2 Å². The van der Waals surface area contributed by atoms with Crippen molar-refractivity contribution in [3.8, 4) is 55.8 Å². The molecule has 11 aromatic rings. The lowest BCUT2D eigenvalue weighted by Gasteiger charge is -2.28. The summed E-state index contributed by atoms with van der Waals surface area (Å²) in [6.07, 6.45) is 0. The minimum atomic E-state index is 0.877. The summed E-state index contributed by atoms with van der Waals surface area (Å²) in [5.74, 6) is 0.877. The lowest BCUT2D eigenvalue weighted by atomic mass is 9.94. The van der Waals surface area contributed by atoms with E-state index in [0.29, 0.717) is 0 Å². The van der Waals surface area contributed by atoms with Gasteiger partial charge >= 0.3 is 0 Å². The van der Waals surface area contributed by atoms with Crippen molar-refractivity contribution in [2.45, 2.75) is 0 Å². The van der Waals surface area contributed by atoms with Crippen LogP contribution in [0.25, 0.3) is 88.3 Å². The second-order valence-corrected chi connectivity index (χ2v) is 15.3. The van der Waals surface area contributed by atoms with Gasteiger partial charge in [-0.15, -0.1) is 0 Å². The molecule has 282 valence electrons. The summed E-state index contributed by atoms with van der Waals surface area (Å²) in [5.41, 5.74) is 14.8. The first-order valence-electron chi connectivity index (χ1n) is 20.5. The molecule has 1 heterocycles. The Hall–Kier alpha value is -7.94. The second kappa shape index (κ2) is 15.1. The van der Waals surface area contributed by atoms with Crippen molar-refractivity contribution in [3.05, 3.63) is 237 Å². The topological polar surface area (TPSA) is 16.4 Å². The van der Waals surface area contributed by atoms with Gasteiger partial charge < -0.3 is 9.32 Å². The molecule has 1 aromatic heterocycles. The zero-order valence-electron chi connectivity index (χ0n) is 32.9. The number of fused-ring (bicyclic) bond motifs is 4. The zero-order valence-corrected chi connectivity index (χ0v) is 32.9. The minimum Gasteiger partial charge on any atom is -0.456 e. The SMILES string of the molecule is c1ccc(-c2ccccc2-c2ccc(N(c3ccc(-c4ccc(-c5ccccc5-c5cc6ccccc6o5)cc4)cc3)c3cc4ccccc4c4ccccc34)cc2)cc1. The smallest absolute Gasteiger partial charge is 0.136 e. The number of nitrogens with zero attached hydrogens (tertiary/aromatic N) is 1. The molecule has 0 unspecified atom stereocenters. The highest BCUT2D eigenvalue weighted by Gasteiger charge is 2.19. The Morgan fingerprint density at radius 2 is 0.717 bits per heavy atom. The third-order valence-corrected chi connectivity index (χ3v) is 11.7. The van der Waals surface area contributed by atoms with Gasteiger partial charge in [0.1, 0.15) is 11.3 Å². The summed E-state index contributed by atoms with van der Waals surface area (Å²) in [7, 11) is 0. The number of para-hydroxylation sites is 1. The van der Waals surface area contributed by atoms with Crippen LogP contribution in [0.5, 0.6) is 0 Å². The van der Waals surface area contributed by atoms with E-state index in [1.165, 1.54) is 43.8 Å². The van der Waals surface area contributed by atoms with Gasteiger partial charge in [0.15, 0.2) is 0 Å². The van der Waals surface area contributed by atoms with Gasteiger partial charge in [-0.1, -0.05) is 194 Å². The van der Waals surface area contributed by atoms with Crippen LogP contribution in [-0.2, 0) is 0 Å². The fraction of sp³-hybridized carbons (Fsp3) is 0. The fourth-order valence-electron chi connectivity index (χ4n) is 8.75. The minimum absolute atomic E-state index is 0.877. The quantitative estimate of drug-likeness (QED) is 0.143. The van der Waals surface area contributed by atoms with Crippen molar-refractivity contribution in [1.29, 1.82) is 0 Å². The molecule has 0 spiro atoms. The number of furan rings is 1. The zero-order chi connectivity index (χ0) is 39.8. The third-order valence-electron chi connectivity index (χ3n) is 11.7. The molecule has 2 nitrogen and oxygen atoms in total. The van der Waals surface area contributed by atoms with E-state index in [0.717, 1.165) is 61.6 Å². The lowest BCUT2D eigenvalue weighted by molar-refractivity contribution is 0.632. The van der Waals surface area contributed by atoms with Crippen LogP contribution in [0, 0.1) is 0 Å². The molecule has 60 heavy (non-hydrogen) atoms. The molecule has 11 rings (SSSR count). The van der Waals surface area contributed by atoms with Crippen molar-refractivity contribution in [2.75, 3.05) is 4.90 Å². The summed E-state index contributed by atoms with van der Waals surface area (Å²) in [6.45, 7) is 0. The summed E-state index contributed by atoms with van der Waals surface area (Å²) >= 11 is 0. The molecule has 10 aromatic carbocycles. The summed E-state index contributed by atoms with van der Waals surface area (Å²) in [6, 6.07) is 84.8. The Morgan fingerprint density at radius 1 is 0.283 bits per heavy atom. The summed E-state index contributed by atoms with van der Waals surface area (Å²) in [4.78, 5) is 2.41. The first-order valence-corrected chi connectivity index (χ1v) is 20.5. The van der Waals surface area contributed by atoms with E-state index in [-0.39, 0.29) is 0 Å². The fourth-order valence-corrected chi connectivity index (χ4v) is 8.75. The molecule has 0 atom stereocenters. The van der Waals surface area contributed by atoms with E-state index in [9.17, 15) is 0 Å². The number of anilines is 3. The van der Waals surface area contributed by atoms with E-state index < -0.39 is 0 Å². The molecule has 0 saturated carbocycles.